The van der Waals surface area contributed by atoms with Crippen LogP contribution in [0, 0.1) is 5.92 Å². The van der Waals surface area contributed by atoms with E-state index in [9.17, 15) is 0 Å². The Morgan fingerprint density at radius 3 is 2.31 bits per heavy atom. The van der Waals surface area contributed by atoms with Crippen molar-refractivity contribution in [3.05, 3.63) is 256 Å². The maximum atomic E-state index is 7.67. The van der Waals surface area contributed by atoms with Crippen molar-refractivity contribution in [1.82, 2.24) is 9.47 Å². The summed E-state index contributed by atoms with van der Waals surface area (Å²) in [5.74, 6) is 0.581. The zero-order chi connectivity index (χ0) is 44.2. The average molecular weight is 844 g/mol. The summed E-state index contributed by atoms with van der Waals surface area (Å²) < 4.78 is 2.40. The lowest BCUT2D eigenvalue weighted by Gasteiger charge is -2.36. The van der Waals surface area contributed by atoms with Crippen molar-refractivity contribution < 1.29 is 0 Å². The molecule has 0 aliphatic heterocycles. The number of fused-ring (bicyclic) bond motifs is 9. The molecular weight excluding hydrogens is 787 g/mol. The van der Waals surface area contributed by atoms with Crippen LogP contribution in [0.4, 0.5) is 0 Å². The number of nitrogens with zero attached hydrogens (tertiary/aromatic N) is 2. The van der Waals surface area contributed by atoms with Crippen molar-refractivity contribution in [1.29, 1.82) is 0 Å². The van der Waals surface area contributed by atoms with Gasteiger partial charge in [-0.05, 0) is 151 Å². The van der Waals surface area contributed by atoms with Gasteiger partial charge in [-0.1, -0.05) is 153 Å². The van der Waals surface area contributed by atoms with E-state index < -0.39 is 5.41 Å². The standard InChI is InChI=1S/C62H57N3/c1-5-6-18-41(2)45-32-37-58(42(3)39-45)64(48-34-30-44(31-35-48)46-33-38-60-54(40-46)52-24-13-17-28-59(52)65(60)47-19-8-7-9-20-47)43(4)29-36-53-51-23-12-16-27-57(51)62(61(53)63)55-25-14-10-21-49(55)50-22-11-15-26-56(50)62/h5-10,12-21,23-30,32-38,40,42,44,61H,11,22,31,39,63H2,1-4H3/b6-5-,41-18+,43-29+,53-36-. The van der Waals surface area contributed by atoms with Gasteiger partial charge in [-0.25, -0.2) is 0 Å². The third-order valence-corrected chi connectivity index (χ3v) is 14.9. The highest BCUT2D eigenvalue weighted by molar-refractivity contribution is 6.09. The molecule has 3 nitrogen and oxygen atoms in total. The molecule has 11 rings (SSSR count). The van der Waals surface area contributed by atoms with Gasteiger partial charge < -0.3 is 15.2 Å². The van der Waals surface area contributed by atoms with Gasteiger partial charge in [0.2, 0.25) is 0 Å². The number of benzene rings is 5. The average Bonchev–Trinajstić information content (AvgIpc) is 3.94. The second-order valence-corrected chi connectivity index (χ2v) is 18.5. The molecular formula is C62H57N3. The topological polar surface area (TPSA) is 34.2 Å². The molecule has 1 spiro atoms. The van der Waals surface area contributed by atoms with Crippen molar-refractivity contribution in [2.75, 3.05) is 0 Å². The summed E-state index contributed by atoms with van der Waals surface area (Å²) in [4.78, 5) is 2.51. The van der Waals surface area contributed by atoms with E-state index in [4.69, 9.17) is 5.73 Å². The van der Waals surface area contributed by atoms with Gasteiger partial charge in [0.05, 0.1) is 16.4 Å². The van der Waals surface area contributed by atoms with E-state index in [1.165, 1.54) is 100 Å². The molecule has 3 heteroatoms. The van der Waals surface area contributed by atoms with Crippen molar-refractivity contribution in [2.24, 2.45) is 11.7 Å². The smallest absolute Gasteiger partial charge is 0.0658 e. The summed E-state index contributed by atoms with van der Waals surface area (Å²) >= 11 is 0. The first-order chi connectivity index (χ1) is 31.9. The monoisotopic (exact) mass is 843 g/mol. The fourth-order valence-corrected chi connectivity index (χ4v) is 11.7. The van der Waals surface area contributed by atoms with Crippen molar-refractivity contribution >= 4 is 33.0 Å². The number of nitrogens with two attached hydrogens (primary N) is 1. The Balaban J connectivity index is 0.974. The summed E-state index contributed by atoms with van der Waals surface area (Å²) in [5, 5.41) is 2.58. The van der Waals surface area contributed by atoms with Crippen molar-refractivity contribution in [3.63, 3.8) is 0 Å². The first-order valence-electron chi connectivity index (χ1n) is 23.6. The maximum absolute atomic E-state index is 7.67. The Labute approximate surface area is 384 Å². The van der Waals surface area contributed by atoms with E-state index in [-0.39, 0.29) is 12.0 Å². The maximum Gasteiger partial charge on any atom is 0.0658 e. The minimum Gasteiger partial charge on any atom is -0.323 e. The molecule has 1 heterocycles. The number of aromatic nitrogens is 1. The molecule has 1 aromatic heterocycles. The zero-order valence-corrected chi connectivity index (χ0v) is 38.0. The van der Waals surface area contributed by atoms with Crippen LogP contribution in [0.2, 0.25) is 0 Å². The van der Waals surface area contributed by atoms with E-state index in [1.807, 2.05) is 0 Å². The first kappa shape index (κ1) is 40.8. The van der Waals surface area contributed by atoms with Gasteiger partial charge in [0, 0.05) is 51.4 Å². The molecule has 5 aliphatic rings. The summed E-state index contributed by atoms with van der Waals surface area (Å²) in [5.41, 5.74) is 28.0. The van der Waals surface area contributed by atoms with Gasteiger partial charge in [0.25, 0.3) is 0 Å². The predicted octanol–water partition coefficient (Wildman–Crippen LogP) is 15.1. The summed E-state index contributed by atoms with van der Waals surface area (Å²) in [6, 6.07) is 44.4. The van der Waals surface area contributed by atoms with Gasteiger partial charge in [0.1, 0.15) is 0 Å². The fourth-order valence-electron chi connectivity index (χ4n) is 11.7. The lowest BCUT2D eigenvalue weighted by Crippen LogP contribution is -2.43. The van der Waals surface area contributed by atoms with Gasteiger partial charge in [-0.15, -0.1) is 0 Å². The summed E-state index contributed by atoms with van der Waals surface area (Å²) in [7, 11) is 0. The van der Waals surface area contributed by atoms with Gasteiger partial charge in [-0.2, -0.15) is 0 Å². The minimum atomic E-state index is -0.407. The van der Waals surface area contributed by atoms with Gasteiger partial charge >= 0.3 is 0 Å². The highest BCUT2D eigenvalue weighted by Crippen LogP contribution is 2.61. The van der Waals surface area contributed by atoms with Crippen molar-refractivity contribution in [2.45, 2.75) is 70.8 Å². The quantitative estimate of drug-likeness (QED) is 0.155. The Hall–Kier alpha value is -6.94. The SMILES string of the molecule is C/C=C\C=C(/C)C1=CC=C(N(C2=CCC(c3ccc4c(c3)c3ccccc3n4-c3ccccc3)C=C2)/C(C)=C/C=C2/c3ccccc3C3(C4=C(CCC=C4)c4ccccc43)C2N)C(C)C1. The Morgan fingerprint density at radius 2 is 1.52 bits per heavy atom. The van der Waals surface area contributed by atoms with Crippen LogP contribution in [0.5, 0.6) is 0 Å². The molecule has 0 saturated heterocycles. The molecule has 6 aromatic rings. The van der Waals surface area contributed by atoms with Crippen LogP contribution >= 0.6 is 0 Å². The Bertz CT molecular complexity index is 3220. The number of hydrogen-bond acceptors (Lipinski definition) is 2. The summed E-state index contributed by atoms with van der Waals surface area (Å²) in [6.45, 7) is 8.96. The molecule has 0 saturated carbocycles. The third kappa shape index (κ3) is 6.59. The largest absolute Gasteiger partial charge is 0.323 e. The fraction of sp³-hybridized carbons (Fsp3) is 0.194. The molecule has 320 valence electrons. The van der Waals surface area contributed by atoms with Crippen LogP contribution in [0.1, 0.15) is 87.1 Å². The van der Waals surface area contributed by atoms with Crippen LogP contribution in [0.25, 0.3) is 38.6 Å². The minimum absolute atomic E-state index is 0.229. The molecule has 2 N–H and O–H groups in total. The second-order valence-electron chi connectivity index (χ2n) is 18.5. The number of rotatable bonds is 8. The normalized spacial score (nSPS) is 23.4. The lowest BCUT2D eigenvalue weighted by atomic mass is 9.69. The Morgan fingerprint density at radius 1 is 0.785 bits per heavy atom. The van der Waals surface area contributed by atoms with Gasteiger partial charge in [-0.3, -0.25) is 0 Å². The van der Waals surface area contributed by atoms with E-state index >= 15 is 0 Å². The van der Waals surface area contributed by atoms with Crippen LogP contribution in [0.15, 0.2) is 228 Å². The molecule has 4 atom stereocenters. The van der Waals surface area contributed by atoms with E-state index in [2.05, 4.69) is 231 Å². The van der Waals surface area contributed by atoms with Crippen LogP contribution in [-0.4, -0.2) is 15.5 Å². The number of allylic oxidation sites excluding steroid dienone is 17. The lowest BCUT2D eigenvalue weighted by molar-refractivity contribution is 0.445. The zero-order valence-electron chi connectivity index (χ0n) is 38.0. The third-order valence-electron chi connectivity index (χ3n) is 14.9. The van der Waals surface area contributed by atoms with E-state index in [0.717, 1.165) is 25.7 Å². The van der Waals surface area contributed by atoms with E-state index in [1.54, 1.807) is 0 Å². The van der Waals surface area contributed by atoms with Gasteiger partial charge in [0.15, 0.2) is 0 Å². The Kier molecular flexibility index (Phi) is 10.4. The summed E-state index contributed by atoms with van der Waals surface area (Å²) in [6.07, 6.45) is 31.8. The molecule has 0 bridgehead atoms. The van der Waals surface area contributed by atoms with Crippen LogP contribution in [0.3, 0.4) is 0 Å². The molecule has 4 unspecified atom stereocenters. The molecule has 0 radical (unpaired) electrons. The highest BCUT2D eigenvalue weighted by atomic mass is 15.2. The molecule has 0 amide bonds. The van der Waals surface area contributed by atoms with E-state index in [0.29, 0.717) is 5.92 Å². The van der Waals surface area contributed by atoms with Crippen LogP contribution < -0.4 is 5.73 Å². The molecule has 65 heavy (non-hydrogen) atoms. The number of para-hydroxylation sites is 2. The second kappa shape index (κ2) is 16.6. The predicted molar refractivity (Wildman–Crippen MR) is 274 cm³/mol. The number of hydrogen-bond donors (Lipinski definition) is 1. The molecule has 5 aliphatic carbocycles. The highest BCUT2D eigenvalue weighted by Gasteiger charge is 2.55. The molecule has 5 aromatic carbocycles. The van der Waals surface area contributed by atoms with Crippen LogP contribution in [-0.2, 0) is 5.41 Å². The molecule has 0 fully saturated rings. The first-order valence-corrected chi connectivity index (χ1v) is 23.6. The van der Waals surface area contributed by atoms with Crippen molar-refractivity contribution in [3.8, 4) is 5.69 Å².